The van der Waals surface area contributed by atoms with Gasteiger partial charge in [0.25, 0.3) is 0 Å². The molecule has 41 heavy (non-hydrogen) atoms. The average molecular weight is 569 g/mol. The number of anilines is 1. The van der Waals surface area contributed by atoms with Gasteiger partial charge in [0.2, 0.25) is 5.69 Å². The summed E-state index contributed by atoms with van der Waals surface area (Å²) in [5, 5.41) is 4.23. The monoisotopic (exact) mass is 568 g/mol. The van der Waals surface area contributed by atoms with Crippen molar-refractivity contribution < 1.29 is 4.58 Å². The number of rotatable bonds is 9. The van der Waals surface area contributed by atoms with Crippen LogP contribution in [0.25, 0.3) is 0 Å². The zero-order valence-electron chi connectivity index (χ0n) is 25.9. The van der Waals surface area contributed by atoms with E-state index in [1.165, 1.54) is 45.1 Å². The van der Waals surface area contributed by atoms with Gasteiger partial charge in [0, 0.05) is 59.0 Å². The minimum Gasteiger partial charge on any atom is -0.344 e. The second-order valence-electron chi connectivity index (χ2n) is 12.7. The summed E-state index contributed by atoms with van der Waals surface area (Å²) in [4.78, 5) is 2.51. The van der Waals surface area contributed by atoms with Gasteiger partial charge in [-0.25, -0.2) is 0 Å². The fourth-order valence-electron chi connectivity index (χ4n) is 6.97. The van der Waals surface area contributed by atoms with E-state index in [1.54, 1.807) is 0 Å². The maximum atomic E-state index is 7.16. The Hall–Kier alpha value is -2.88. The number of hydrogen-bond acceptors (Lipinski definition) is 2. The minimum atomic E-state index is -0.0523. The molecule has 4 heteroatoms. The number of fused-ring (bicyclic) bond motifs is 2. The standard InChI is InChI=1S/C37H47ClN3/c1-7-25-40-31-18-10-8-16-29(31)36(2,3)33(40)22-20-27-14-12-15-28(35(27)38)21-23-34-37(4,5)30-17-9-11-19-32(30)41(34)26-13-24-39-6/h8-11,16-23,39H,7,12-15,24-26H2,1-6H3/q+1. The predicted octanol–water partition coefficient (Wildman–Crippen LogP) is 8.92. The lowest BCUT2D eigenvalue weighted by Gasteiger charge is -2.27. The lowest BCUT2D eigenvalue weighted by Crippen LogP contribution is -2.28. The summed E-state index contributed by atoms with van der Waals surface area (Å²) >= 11 is 7.16. The van der Waals surface area contributed by atoms with Crippen LogP contribution >= 0.6 is 11.6 Å². The highest BCUT2D eigenvalue weighted by Gasteiger charge is 2.44. The lowest BCUT2D eigenvalue weighted by molar-refractivity contribution is -0.437. The van der Waals surface area contributed by atoms with Crippen molar-refractivity contribution >= 4 is 28.7 Å². The number of halogens is 1. The van der Waals surface area contributed by atoms with Gasteiger partial charge < -0.3 is 10.2 Å². The number of benzene rings is 2. The van der Waals surface area contributed by atoms with E-state index in [9.17, 15) is 0 Å². The molecule has 3 aliphatic rings. The zero-order valence-corrected chi connectivity index (χ0v) is 26.6. The van der Waals surface area contributed by atoms with Crippen LogP contribution in [-0.2, 0) is 10.8 Å². The first-order chi connectivity index (χ1) is 19.7. The van der Waals surface area contributed by atoms with Crippen LogP contribution in [0.2, 0.25) is 0 Å². The Morgan fingerprint density at radius 2 is 1.66 bits per heavy atom. The molecule has 5 rings (SSSR count). The molecule has 0 saturated carbocycles. The van der Waals surface area contributed by atoms with Crippen LogP contribution in [-0.4, -0.2) is 37.0 Å². The highest BCUT2D eigenvalue weighted by molar-refractivity contribution is 6.32. The van der Waals surface area contributed by atoms with Crippen molar-refractivity contribution in [1.82, 2.24) is 5.32 Å². The van der Waals surface area contributed by atoms with E-state index < -0.39 is 0 Å². The maximum absolute atomic E-state index is 7.16. The van der Waals surface area contributed by atoms with Gasteiger partial charge in [-0.1, -0.05) is 80.9 Å². The quantitative estimate of drug-likeness (QED) is 0.240. The Balaban J connectivity index is 1.48. The Morgan fingerprint density at radius 1 is 0.927 bits per heavy atom. The van der Waals surface area contributed by atoms with Gasteiger partial charge in [-0.2, -0.15) is 4.58 Å². The van der Waals surface area contributed by atoms with Crippen LogP contribution in [0.4, 0.5) is 11.4 Å². The molecule has 2 aromatic rings. The molecule has 0 saturated heterocycles. The van der Waals surface area contributed by atoms with E-state index in [0.717, 1.165) is 56.8 Å². The van der Waals surface area contributed by atoms with Gasteiger partial charge in [-0.3, -0.25) is 0 Å². The van der Waals surface area contributed by atoms with Crippen molar-refractivity contribution in [2.75, 3.05) is 31.6 Å². The third-order valence-electron chi connectivity index (χ3n) is 9.20. The molecule has 0 bridgehead atoms. The number of nitrogens with one attached hydrogen (secondary N) is 1. The zero-order chi connectivity index (χ0) is 29.2. The third kappa shape index (κ3) is 5.51. The first kappa shape index (κ1) is 29.6. The molecular formula is C37H47ClN3+. The molecule has 0 radical (unpaired) electrons. The van der Waals surface area contributed by atoms with Gasteiger partial charge in [0.05, 0.1) is 5.41 Å². The van der Waals surface area contributed by atoms with Crippen LogP contribution in [0, 0.1) is 0 Å². The fourth-order valence-corrected chi connectivity index (χ4v) is 7.28. The van der Waals surface area contributed by atoms with Gasteiger partial charge in [0.1, 0.15) is 0 Å². The molecule has 216 valence electrons. The van der Waals surface area contributed by atoms with Gasteiger partial charge in [-0.15, -0.1) is 0 Å². The normalized spacial score (nSPS) is 21.5. The topological polar surface area (TPSA) is 18.3 Å². The summed E-state index contributed by atoms with van der Waals surface area (Å²) < 4.78 is 2.52. The van der Waals surface area contributed by atoms with E-state index in [1.807, 2.05) is 7.05 Å². The first-order valence-corrected chi connectivity index (χ1v) is 15.8. The SMILES string of the molecule is CCCN1/C(=C/C=C2\CCCC(/C=C/C3=[N+](CCCNC)c4ccccc4C3(C)C)=C2Cl)C(C)(C)c2ccccc21. The summed E-state index contributed by atoms with van der Waals surface area (Å²) in [6, 6.07) is 17.7. The molecule has 0 atom stereocenters. The van der Waals surface area contributed by atoms with Crippen LogP contribution in [0.15, 0.2) is 94.7 Å². The molecule has 2 aliphatic heterocycles. The highest BCUT2D eigenvalue weighted by atomic mass is 35.5. The predicted molar refractivity (Wildman–Crippen MR) is 177 cm³/mol. The van der Waals surface area contributed by atoms with Crippen molar-refractivity contribution in [1.29, 1.82) is 0 Å². The molecule has 2 aromatic carbocycles. The molecule has 1 N–H and O–H groups in total. The Kier molecular flexibility index (Phi) is 8.78. The van der Waals surface area contributed by atoms with Crippen LogP contribution < -0.4 is 10.2 Å². The Bertz CT molecular complexity index is 1450. The molecule has 0 fully saturated rings. The van der Waals surface area contributed by atoms with Crippen LogP contribution in [0.1, 0.15) is 77.8 Å². The van der Waals surface area contributed by atoms with Crippen molar-refractivity contribution in [2.24, 2.45) is 0 Å². The fraction of sp³-hybridized carbons (Fsp3) is 0.432. The number of para-hydroxylation sites is 2. The Labute approximate surface area is 253 Å². The second kappa shape index (κ2) is 12.2. The van der Waals surface area contributed by atoms with Gasteiger partial charge in [0.15, 0.2) is 12.3 Å². The second-order valence-corrected chi connectivity index (χ2v) is 13.1. The van der Waals surface area contributed by atoms with Crippen LogP contribution in [0.3, 0.4) is 0 Å². The molecule has 3 nitrogen and oxygen atoms in total. The van der Waals surface area contributed by atoms with Gasteiger partial charge >= 0.3 is 0 Å². The summed E-state index contributed by atoms with van der Waals surface area (Å²) in [5.41, 5.74) is 10.6. The highest BCUT2D eigenvalue weighted by Crippen LogP contribution is 2.48. The summed E-state index contributed by atoms with van der Waals surface area (Å²) in [7, 11) is 2.03. The molecule has 1 aliphatic carbocycles. The molecular weight excluding hydrogens is 522 g/mol. The summed E-state index contributed by atoms with van der Waals surface area (Å²) in [5.74, 6) is 0. The molecule has 2 heterocycles. The third-order valence-corrected chi connectivity index (χ3v) is 9.68. The number of hydrogen-bond donors (Lipinski definition) is 1. The van der Waals surface area contributed by atoms with Crippen LogP contribution in [0.5, 0.6) is 0 Å². The average Bonchev–Trinajstić information content (AvgIpc) is 3.31. The van der Waals surface area contributed by atoms with Gasteiger partial charge in [-0.05, 0) is 75.4 Å². The smallest absolute Gasteiger partial charge is 0.209 e. The Morgan fingerprint density at radius 3 is 2.41 bits per heavy atom. The number of nitrogens with zero attached hydrogens (tertiary/aromatic N) is 2. The van der Waals surface area contributed by atoms with Crippen molar-refractivity contribution in [3.63, 3.8) is 0 Å². The minimum absolute atomic E-state index is 0.0349. The molecule has 0 aromatic heterocycles. The van der Waals surface area contributed by atoms with E-state index in [-0.39, 0.29) is 10.8 Å². The van der Waals surface area contributed by atoms with Crippen molar-refractivity contribution in [3.8, 4) is 0 Å². The van der Waals surface area contributed by atoms with Crippen molar-refractivity contribution in [3.05, 3.63) is 106 Å². The molecule has 0 amide bonds. The first-order valence-electron chi connectivity index (χ1n) is 15.5. The summed E-state index contributed by atoms with van der Waals surface area (Å²) in [6.07, 6.45) is 14.7. The summed E-state index contributed by atoms with van der Waals surface area (Å²) in [6.45, 7) is 14.7. The van der Waals surface area contributed by atoms with E-state index in [2.05, 4.69) is 122 Å². The largest absolute Gasteiger partial charge is 0.344 e. The van der Waals surface area contributed by atoms with E-state index in [4.69, 9.17) is 11.6 Å². The maximum Gasteiger partial charge on any atom is 0.209 e. The van der Waals surface area contributed by atoms with E-state index >= 15 is 0 Å². The molecule has 0 unspecified atom stereocenters. The van der Waals surface area contributed by atoms with E-state index in [0.29, 0.717) is 0 Å². The lowest BCUT2D eigenvalue weighted by atomic mass is 9.81. The van der Waals surface area contributed by atoms with Crippen molar-refractivity contribution in [2.45, 2.75) is 77.6 Å². The molecule has 0 spiro atoms. The number of allylic oxidation sites excluding steroid dienone is 8.